The third-order valence-electron chi connectivity index (χ3n) is 2.67. The zero-order valence-electron chi connectivity index (χ0n) is 9.49. The topological polar surface area (TPSA) is 48.1 Å². The average Bonchev–Trinajstić information content (AvgIpc) is 2.69. The molecule has 0 aliphatic carbocycles. The molecule has 1 aliphatic heterocycles. The maximum Gasteiger partial charge on any atom is 0.0982 e. The summed E-state index contributed by atoms with van der Waals surface area (Å²) in [7, 11) is 0. The van der Waals surface area contributed by atoms with Crippen LogP contribution >= 0.6 is 11.3 Å². The molecular formula is C11H18N2OS. The molecule has 2 atom stereocenters. The van der Waals surface area contributed by atoms with Crippen LogP contribution < -0.4 is 5.73 Å². The predicted molar refractivity (Wildman–Crippen MR) is 62.3 cm³/mol. The van der Waals surface area contributed by atoms with Gasteiger partial charge in [0.25, 0.3) is 0 Å². The number of thiazole rings is 1. The summed E-state index contributed by atoms with van der Waals surface area (Å²) in [6.45, 7) is 7.92. The fourth-order valence-corrected chi connectivity index (χ4v) is 2.65. The van der Waals surface area contributed by atoms with Gasteiger partial charge in [-0.05, 0) is 0 Å². The summed E-state index contributed by atoms with van der Waals surface area (Å²) in [4.78, 5) is 4.67. The summed E-state index contributed by atoms with van der Waals surface area (Å²) < 4.78 is 5.36. The van der Waals surface area contributed by atoms with E-state index in [2.05, 4.69) is 31.1 Å². The van der Waals surface area contributed by atoms with Gasteiger partial charge in [0, 0.05) is 22.8 Å². The fraction of sp³-hybridized carbons (Fsp3) is 0.727. The standard InChI is InChI=1S/C11H18N2OS/c1-11(2,3)10-13-9(6-15-10)7-4-14-5-8(7)12/h6-8H,4-5,12H2,1-3H3. The molecule has 2 N–H and O–H groups in total. The fourth-order valence-electron chi connectivity index (χ4n) is 1.68. The molecule has 0 aromatic carbocycles. The monoisotopic (exact) mass is 226 g/mol. The van der Waals surface area contributed by atoms with Crippen LogP contribution in [0.4, 0.5) is 0 Å². The number of aromatic nitrogens is 1. The highest BCUT2D eigenvalue weighted by Crippen LogP contribution is 2.30. The molecule has 0 saturated carbocycles. The summed E-state index contributed by atoms with van der Waals surface area (Å²) in [6.07, 6.45) is 0. The summed E-state index contributed by atoms with van der Waals surface area (Å²) >= 11 is 1.72. The molecule has 84 valence electrons. The average molecular weight is 226 g/mol. The maximum absolute atomic E-state index is 5.97. The van der Waals surface area contributed by atoms with Crippen LogP contribution in [0.5, 0.6) is 0 Å². The van der Waals surface area contributed by atoms with E-state index in [0.717, 1.165) is 5.69 Å². The van der Waals surface area contributed by atoms with Gasteiger partial charge in [0.15, 0.2) is 0 Å². The Bertz CT molecular complexity index is 343. The third-order valence-corrected chi connectivity index (χ3v) is 3.95. The normalized spacial score (nSPS) is 27.2. The minimum Gasteiger partial charge on any atom is -0.379 e. The maximum atomic E-state index is 5.97. The summed E-state index contributed by atoms with van der Waals surface area (Å²) in [6, 6.07) is 0.111. The van der Waals surface area contributed by atoms with Crippen LogP contribution in [-0.2, 0) is 10.2 Å². The molecule has 1 aromatic rings. The van der Waals surface area contributed by atoms with E-state index in [1.54, 1.807) is 11.3 Å². The Labute approximate surface area is 94.7 Å². The van der Waals surface area contributed by atoms with Crippen molar-refractivity contribution in [2.75, 3.05) is 13.2 Å². The molecule has 3 nitrogen and oxygen atoms in total. The molecule has 2 unspecified atom stereocenters. The molecule has 0 radical (unpaired) electrons. The molecule has 0 amide bonds. The molecule has 2 heterocycles. The van der Waals surface area contributed by atoms with E-state index >= 15 is 0 Å². The molecule has 1 saturated heterocycles. The van der Waals surface area contributed by atoms with E-state index in [4.69, 9.17) is 10.5 Å². The summed E-state index contributed by atoms with van der Waals surface area (Å²) in [5, 5.41) is 3.30. The van der Waals surface area contributed by atoms with Gasteiger partial charge < -0.3 is 10.5 Å². The quantitative estimate of drug-likeness (QED) is 0.795. The molecule has 15 heavy (non-hydrogen) atoms. The van der Waals surface area contributed by atoms with Crippen molar-refractivity contribution in [1.82, 2.24) is 4.98 Å². The minimum atomic E-state index is 0.111. The molecule has 2 rings (SSSR count). The first-order chi connectivity index (χ1) is 6.98. The molecular weight excluding hydrogens is 208 g/mol. The second-order valence-electron chi connectivity index (χ2n) is 5.14. The van der Waals surface area contributed by atoms with Gasteiger partial charge in [-0.3, -0.25) is 0 Å². The van der Waals surface area contributed by atoms with E-state index in [-0.39, 0.29) is 17.4 Å². The molecule has 1 fully saturated rings. The van der Waals surface area contributed by atoms with Crippen molar-refractivity contribution in [2.45, 2.75) is 38.1 Å². The first-order valence-corrected chi connectivity index (χ1v) is 6.15. The van der Waals surface area contributed by atoms with Crippen LogP contribution in [0.1, 0.15) is 37.4 Å². The Morgan fingerprint density at radius 2 is 2.20 bits per heavy atom. The molecule has 1 aliphatic rings. The van der Waals surface area contributed by atoms with E-state index in [1.807, 2.05) is 0 Å². The molecule has 0 bridgehead atoms. The Hall–Kier alpha value is -0.450. The number of ether oxygens (including phenoxy) is 1. The van der Waals surface area contributed by atoms with Gasteiger partial charge in [0.1, 0.15) is 0 Å². The Kier molecular flexibility index (Phi) is 2.83. The summed E-state index contributed by atoms with van der Waals surface area (Å²) in [5.74, 6) is 0.289. The van der Waals surface area contributed by atoms with Crippen molar-refractivity contribution in [3.8, 4) is 0 Å². The van der Waals surface area contributed by atoms with Gasteiger partial charge in [-0.25, -0.2) is 4.98 Å². The zero-order chi connectivity index (χ0) is 11.1. The van der Waals surface area contributed by atoms with Crippen LogP contribution in [-0.4, -0.2) is 24.2 Å². The Balaban J connectivity index is 2.20. The van der Waals surface area contributed by atoms with E-state index in [1.165, 1.54) is 5.01 Å². The van der Waals surface area contributed by atoms with Gasteiger partial charge in [0.2, 0.25) is 0 Å². The van der Waals surface area contributed by atoms with Crippen LogP contribution in [0, 0.1) is 0 Å². The first kappa shape index (κ1) is 11.0. The highest BCUT2D eigenvalue weighted by Gasteiger charge is 2.29. The lowest BCUT2D eigenvalue weighted by Crippen LogP contribution is -2.27. The van der Waals surface area contributed by atoms with Gasteiger partial charge in [-0.15, -0.1) is 11.3 Å². The van der Waals surface area contributed by atoms with Gasteiger partial charge in [0.05, 0.1) is 23.9 Å². The van der Waals surface area contributed by atoms with Gasteiger partial charge in [-0.2, -0.15) is 0 Å². The van der Waals surface area contributed by atoms with Crippen molar-refractivity contribution < 1.29 is 4.74 Å². The number of nitrogens with zero attached hydrogens (tertiary/aromatic N) is 1. The number of hydrogen-bond acceptors (Lipinski definition) is 4. The predicted octanol–water partition coefficient (Wildman–Crippen LogP) is 1.88. The molecule has 4 heteroatoms. The highest BCUT2D eigenvalue weighted by atomic mass is 32.1. The second-order valence-corrected chi connectivity index (χ2v) is 5.99. The van der Waals surface area contributed by atoms with E-state index < -0.39 is 0 Å². The lowest BCUT2D eigenvalue weighted by Gasteiger charge is -2.14. The number of nitrogens with two attached hydrogens (primary N) is 1. The number of rotatable bonds is 1. The van der Waals surface area contributed by atoms with Crippen molar-refractivity contribution in [2.24, 2.45) is 5.73 Å². The van der Waals surface area contributed by atoms with E-state index in [9.17, 15) is 0 Å². The van der Waals surface area contributed by atoms with Gasteiger partial charge >= 0.3 is 0 Å². The van der Waals surface area contributed by atoms with Crippen LogP contribution in [0.25, 0.3) is 0 Å². The van der Waals surface area contributed by atoms with Crippen molar-refractivity contribution >= 4 is 11.3 Å². The Morgan fingerprint density at radius 1 is 1.47 bits per heavy atom. The van der Waals surface area contributed by atoms with Gasteiger partial charge in [-0.1, -0.05) is 20.8 Å². The highest BCUT2D eigenvalue weighted by molar-refractivity contribution is 7.09. The first-order valence-electron chi connectivity index (χ1n) is 5.27. The smallest absolute Gasteiger partial charge is 0.0982 e. The number of hydrogen-bond donors (Lipinski definition) is 1. The van der Waals surface area contributed by atoms with Crippen LogP contribution in [0.3, 0.4) is 0 Å². The van der Waals surface area contributed by atoms with Crippen LogP contribution in [0.2, 0.25) is 0 Å². The Morgan fingerprint density at radius 3 is 2.67 bits per heavy atom. The summed E-state index contributed by atoms with van der Waals surface area (Å²) in [5.41, 5.74) is 7.21. The molecule has 0 spiro atoms. The van der Waals surface area contributed by atoms with E-state index in [0.29, 0.717) is 13.2 Å². The minimum absolute atomic E-state index is 0.111. The van der Waals surface area contributed by atoms with Crippen molar-refractivity contribution in [1.29, 1.82) is 0 Å². The lowest BCUT2D eigenvalue weighted by atomic mass is 9.97. The second kappa shape index (κ2) is 3.85. The van der Waals surface area contributed by atoms with Crippen LogP contribution in [0.15, 0.2) is 5.38 Å². The SMILES string of the molecule is CC(C)(C)c1nc(C2COCC2N)cs1. The third kappa shape index (κ3) is 2.22. The largest absolute Gasteiger partial charge is 0.379 e. The van der Waals surface area contributed by atoms with Crippen molar-refractivity contribution in [3.05, 3.63) is 16.1 Å². The molecule has 1 aromatic heterocycles. The lowest BCUT2D eigenvalue weighted by molar-refractivity contribution is 0.190. The zero-order valence-corrected chi connectivity index (χ0v) is 10.3. The van der Waals surface area contributed by atoms with Crippen molar-refractivity contribution in [3.63, 3.8) is 0 Å².